The molecule has 0 unspecified atom stereocenters. The lowest BCUT2D eigenvalue weighted by Gasteiger charge is -2.25. The summed E-state index contributed by atoms with van der Waals surface area (Å²) in [5, 5.41) is 4.18. The quantitative estimate of drug-likeness (QED) is 0.862. The van der Waals surface area contributed by atoms with Crippen LogP contribution in [-0.2, 0) is 6.54 Å². The van der Waals surface area contributed by atoms with Crippen LogP contribution in [0.1, 0.15) is 29.7 Å². The minimum Gasteiger partial charge on any atom is -0.340 e. The number of nitrogens with zero attached hydrogens (tertiary/aromatic N) is 2. The van der Waals surface area contributed by atoms with Crippen LogP contribution in [0.15, 0.2) is 42.6 Å². The van der Waals surface area contributed by atoms with Gasteiger partial charge in [0.2, 0.25) is 0 Å². The maximum Gasteiger partial charge on any atom is 0.174 e. The highest BCUT2D eigenvalue weighted by Gasteiger charge is 2.31. The van der Waals surface area contributed by atoms with Crippen LogP contribution >= 0.6 is 12.2 Å². The van der Waals surface area contributed by atoms with Crippen LogP contribution in [0.3, 0.4) is 0 Å². The molecule has 1 aliphatic carbocycles. The Labute approximate surface area is 137 Å². The first-order chi connectivity index (χ1) is 10.6. The molecule has 1 N–H and O–H groups in total. The number of hydrogen-bond acceptors (Lipinski definition) is 2. The highest BCUT2D eigenvalue weighted by Crippen LogP contribution is 2.29. The van der Waals surface area contributed by atoms with E-state index >= 15 is 0 Å². The zero-order valence-electron chi connectivity index (χ0n) is 13.0. The molecule has 0 aliphatic heterocycles. The van der Waals surface area contributed by atoms with E-state index in [9.17, 15) is 0 Å². The third kappa shape index (κ3) is 3.83. The van der Waals surface area contributed by atoms with E-state index in [1.54, 1.807) is 0 Å². The van der Waals surface area contributed by atoms with Gasteiger partial charge in [-0.05, 0) is 74.3 Å². The summed E-state index contributed by atoms with van der Waals surface area (Å²) >= 11 is 5.65. The van der Waals surface area contributed by atoms with Gasteiger partial charge in [-0.2, -0.15) is 0 Å². The molecule has 114 valence electrons. The SMILES string of the molecule is Cc1cc(C)cc(NC(=S)N(Cc2ccccn2)C2CC2)c1. The Morgan fingerprint density at radius 3 is 2.55 bits per heavy atom. The monoisotopic (exact) mass is 311 g/mol. The molecule has 1 heterocycles. The minimum absolute atomic E-state index is 0.549. The molecule has 0 bridgehead atoms. The van der Waals surface area contributed by atoms with Crippen LogP contribution in [-0.4, -0.2) is 21.0 Å². The molecule has 1 aliphatic rings. The molecule has 4 heteroatoms. The van der Waals surface area contributed by atoms with E-state index in [1.165, 1.54) is 24.0 Å². The van der Waals surface area contributed by atoms with Crippen molar-refractivity contribution >= 4 is 23.0 Å². The number of hydrogen-bond donors (Lipinski definition) is 1. The normalized spacial score (nSPS) is 13.7. The molecular weight excluding hydrogens is 290 g/mol. The van der Waals surface area contributed by atoms with Gasteiger partial charge in [0.25, 0.3) is 0 Å². The van der Waals surface area contributed by atoms with E-state index < -0.39 is 0 Å². The molecule has 0 atom stereocenters. The Morgan fingerprint density at radius 1 is 1.23 bits per heavy atom. The molecule has 3 rings (SSSR count). The molecule has 1 aromatic carbocycles. The highest BCUT2D eigenvalue weighted by atomic mass is 32.1. The van der Waals surface area contributed by atoms with Crippen LogP contribution in [0.5, 0.6) is 0 Å². The molecule has 22 heavy (non-hydrogen) atoms. The van der Waals surface area contributed by atoms with Crippen LogP contribution in [0, 0.1) is 13.8 Å². The minimum atomic E-state index is 0.549. The lowest BCUT2D eigenvalue weighted by Crippen LogP contribution is -2.36. The Kier molecular flexibility index (Phi) is 4.39. The van der Waals surface area contributed by atoms with Crippen molar-refractivity contribution in [2.24, 2.45) is 0 Å². The van der Waals surface area contributed by atoms with Gasteiger partial charge in [0.05, 0.1) is 12.2 Å². The maximum absolute atomic E-state index is 5.65. The lowest BCUT2D eigenvalue weighted by molar-refractivity contribution is 0.404. The fourth-order valence-corrected chi connectivity index (χ4v) is 2.99. The average Bonchev–Trinajstić information content (AvgIpc) is 3.29. The topological polar surface area (TPSA) is 28.2 Å². The number of benzene rings is 1. The van der Waals surface area contributed by atoms with Crippen molar-refractivity contribution in [3.05, 3.63) is 59.4 Å². The highest BCUT2D eigenvalue weighted by molar-refractivity contribution is 7.80. The van der Waals surface area contributed by atoms with Gasteiger partial charge in [0, 0.05) is 17.9 Å². The van der Waals surface area contributed by atoms with E-state index in [2.05, 4.69) is 53.3 Å². The van der Waals surface area contributed by atoms with Gasteiger partial charge >= 0.3 is 0 Å². The molecule has 3 nitrogen and oxygen atoms in total. The van der Waals surface area contributed by atoms with Gasteiger partial charge in [0.15, 0.2) is 5.11 Å². The van der Waals surface area contributed by atoms with Crippen molar-refractivity contribution in [1.82, 2.24) is 9.88 Å². The first-order valence-corrected chi connectivity index (χ1v) is 8.08. The number of aromatic nitrogens is 1. The van der Waals surface area contributed by atoms with Gasteiger partial charge in [-0.1, -0.05) is 12.1 Å². The Morgan fingerprint density at radius 2 is 1.95 bits per heavy atom. The number of aryl methyl sites for hydroxylation is 2. The smallest absolute Gasteiger partial charge is 0.174 e. The molecule has 0 amide bonds. The van der Waals surface area contributed by atoms with Crippen molar-refractivity contribution in [2.45, 2.75) is 39.3 Å². The van der Waals surface area contributed by atoms with Crippen LogP contribution in [0.4, 0.5) is 5.69 Å². The fourth-order valence-electron chi connectivity index (χ4n) is 2.66. The Hall–Kier alpha value is -1.94. The molecule has 1 aromatic heterocycles. The van der Waals surface area contributed by atoms with Crippen molar-refractivity contribution in [3.63, 3.8) is 0 Å². The van der Waals surface area contributed by atoms with Gasteiger partial charge < -0.3 is 10.2 Å². The van der Waals surface area contributed by atoms with Gasteiger partial charge in [0.1, 0.15) is 0 Å². The summed E-state index contributed by atoms with van der Waals surface area (Å²) in [6.07, 6.45) is 4.25. The third-order valence-electron chi connectivity index (χ3n) is 3.78. The van der Waals surface area contributed by atoms with Crippen LogP contribution in [0.25, 0.3) is 0 Å². The zero-order valence-corrected chi connectivity index (χ0v) is 13.9. The van der Waals surface area contributed by atoms with E-state index in [-0.39, 0.29) is 0 Å². The number of thiocarbonyl (C=S) groups is 1. The van der Waals surface area contributed by atoms with E-state index in [0.29, 0.717) is 6.04 Å². The summed E-state index contributed by atoms with van der Waals surface area (Å²) in [6, 6.07) is 13.0. The van der Waals surface area contributed by atoms with Gasteiger partial charge in [-0.15, -0.1) is 0 Å². The van der Waals surface area contributed by atoms with E-state index in [4.69, 9.17) is 12.2 Å². The molecule has 0 radical (unpaired) electrons. The number of rotatable bonds is 4. The first kappa shape index (κ1) is 15.0. The molecular formula is C18H21N3S. The van der Waals surface area contributed by atoms with Crippen LogP contribution in [0.2, 0.25) is 0 Å². The number of pyridine rings is 1. The lowest BCUT2D eigenvalue weighted by atomic mass is 10.1. The van der Waals surface area contributed by atoms with E-state index in [1.807, 2.05) is 18.3 Å². The zero-order chi connectivity index (χ0) is 15.5. The summed E-state index contributed by atoms with van der Waals surface area (Å²) in [5.41, 5.74) is 4.61. The second-order valence-electron chi connectivity index (χ2n) is 5.99. The predicted molar refractivity (Wildman–Crippen MR) is 94.9 cm³/mol. The molecule has 1 saturated carbocycles. The Balaban J connectivity index is 1.73. The first-order valence-electron chi connectivity index (χ1n) is 7.67. The third-order valence-corrected chi connectivity index (χ3v) is 4.12. The van der Waals surface area contributed by atoms with Crippen molar-refractivity contribution in [1.29, 1.82) is 0 Å². The summed E-state index contributed by atoms with van der Waals surface area (Å²) in [6.45, 7) is 4.98. The van der Waals surface area contributed by atoms with Crippen LogP contribution < -0.4 is 5.32 Å². The largest absolute Gasteiger partial charge is 0.340 e. The second kappa shape index (κ2) is 6.44. The van der Waals surface area contributed by atoms with Crippen molar-refractivity contribution in [2.75, 3.05) is 5.32 Å². The molecule has 0 saturated heterocycles. The fraction of sp³-hybridized carbons (Fsp3) is 0.333. The summed E-state index contributed by atoms with van der Waals surface area (Å²) in [5.74, 6) is 0. The number of nitrogens with one attached hydrogen (secondary N) is 1. The van der Waals surface area contributed by atoms with Crippen molar-refractivity contribution in [3.8, 4) is 0 Å². The predicted octanol–water partition coefficient (Wildman–Crippen LogP) is 4.06. The van der Waals surface area contributed by atoms with Gasteiger partial charge in [-0.3, -0.25) is 4.98 Å². The molecule has 0 spiro atoms. The summed E-state index contributed by atoms with van der Waals surface area (Å²) in [4.78, 5) is 6.68. The number of anilines is 1. The van der Waals surface area contributed by atoms with Crippen molar-refractivity contribution < 1.29 is 0 Å². The summed E-state index contributed by atoms with van der Waals surface area (Å²) < 4.78 is 0. The molecule has 2 aromatic rings. The van der Waals surface area contributed by atoms with Gasteiger partial charge in [-0.25, -0.2) is 0 Å². The summed E-state index contributed by atoms with van der Waals surface area (Å²) in [7, 11) is 0. The Bertz CT molecular complexity index is 645. The van der Waals surface area contributed by atoms with E-state index in [0.717, 1.165) is 23.0 Å². The standard InChI is InChI=1S/C18H21N3S/c1-13-9-14(2)11-16(10-13)20-18(22)21(17-6-7-17)12-15-5-3-4-8-19-15/h3-5,8-11,17H,6-7,12H2,1-2H3,(H,20,22). The molecule has 1 fully saturated rings. The average molecular weight is 311 g/mol. The maximum atomic E-state index is 5.65. The second-order valence-corrected chi connectivity index (χ2v) is 6.37.